The first-order valence-corrected chi connectivity index (χ1v) is 12.3. The van der Waals surface area contributed by atoms with Crippen molar-refractivity contribution in [2.75, 3.05) is 38.7 Å². The van der Waals surface area contributed by atoms with Gasteiger partial charge in [-0.15, -0.1) is 11.3 Å². The number of esters is 1. The Balaban J connectivity index is 1.64. The van der Waals surface area contributed by atoms with Gasteiger partial charge in [0.25, 0.3) is 0 Å². The Kier molecular flexibility index (Phi) is 9.31. The maximum Gasteiger partial charge on any atom is 0.341 e. The number of amides is 1. The molecule has 0 atom stereocenters. The Labute approximate surface area is 210 Å². The minimum absolute atomic E-state index is 0.144. The molecule has 2 aromatic carbocycles. The summed E-state index contributed by atoms with van der Waals surface area (Å²) in [6.07, 6.45) is 0. The van der Waals surface area contributed by atoms with Gasteiger partial charge in [0.2, 0.25) is 5.91 Å². The summed E-state index contributed by atoms with van der Waals surface area (Å²) in [6, 6.07) is 14.8. The number of carbonyl (C=O) groups is 2. The highest BCUT2D eigenvalue weighted by atomic mass is 79.9. The minimum atomic E-state index is -0.500. The lowest BCUT2D eigenvalue weighted by atomic mass is 10.0. The third kappa shape index (κ3) is 7.04. The van der Waals surface area contributed by atoms with Gasteiger partial charge in [0.05, 0.1) is 13.2 Å². The molecule has 0 aliphatic heterocycles. The van der Waals surface area contributed by atoms with Gasteiger partial charge in [-0.05, 0) is 44.3 Å². The third-order valence-corrected chi connectivity index (χ3v) is 6.41. The molecule has 0 spiro atoms. The fraction of sp³-hybridized carbons (Fsp3) is 0.250. The van der Waals surface area contributed by atoms with E-state index in [1.807, 2.05) is 54.4 Å². The molecule has 0 saturated heterocycles. The second-order valence-electron chi connectivity index (χ2n) is 7.14. The molecule has 0 bridgehead atoms. The SMILES string of the molecule is CCOC(=O)c1c(-c2ccccc2Cl)csc1NC(=O)CN(C)CCOc1ccc(Br)cc1. The Morgan fingerprint density at radius 1 is 1.12 bits per heavy atom. The van der Waals surface area contributed by atoms with Crippen LogP contribution in [0.1, 0.15) is 17.3 Å². The molecule has 0 radical (unpaired) electrons. The molecule has 1 N–H and O–H groups in total. The number of thiophene rings is 1. The number of anilines is 1. The molecule has 0 unspecified atom stereocenters. The van der Waals surface area contributed by atoms with Crippen molar-refractivity contribution in [2.45, 2.75) is 6.92 Å². The van der Waals surface area contributed by atoms with Crippen molar-refractivity contribution in [3.63, 3.8) is 0 Å². The second kappa shape index (κ2) is 12.2. The molecule has 0 aliphatic rings. The van der Waals surface area contributed by atoms with Crippen LogP contribution < -0.4 is 10.1 Å². The molecule has 9 heteroatoms. The molecule has 3 rings (SSSR count). The highest BCUT2D eigenvalue weighted by Crippen LogP contribution is 2.39. The highest BCUT2D eigenvalue weighted by Gasteiger charge is 2.24. The largest absolute Gasteiger partial charge is 0.492 e. The van der Waals surface area contributed by atoms with E-state index >= 15 is 0 Å². The monoisotopic (exact) mass is 550 g/mol. The van der Waals surface area contributed by atoms with Crippen LogP contribution in [0.2, 0.25) is 5.02 Å². The topological polar surface area (TPSA) is 67.9 Å². The second-order valence-corrected chi connectivity index (χ2v) is 9.34. The van der Waals surface area contributed by atoms with Crippen LogP contribution in [0.3, 0.4) is 0 Å². The van der Waals surface area contributed by atoms with E-state index in [1.165, 1.54) is 11.3 Å². The van der Waals surface area contributed by atoms with Crippen LogP contribution in [0.5, 0.6) is 5.75 Å². The first-order chi connectivity index (χ1) is 15.9. The standard InChI is InChI=1S/C24H24BrClN2O4S/c1-3-31-24(30)22-19(18-6-4-5-7-20(18)26)15-33-23(22)27-21(29)14-28(2)12-13-32-17-10-8-16(25)9-11-17/h4-11,15H,3,12-14H2,1-2H3,(H,27,29). The van der Waals surface area contributed by atoms with Gasteiger partial charge in [-0.25, -0.2) is 4.79 Å². The molecule has 174 valence electrons. The molecule has 0 fully saturated rings. The quantitative estimate of drug-likeness (QED) is 0.315. The van der Waals surface area contributed by atoms with E-state index in [2.05, 4.69) is 21.2 Å². The van der Waals surface area contributed by atoms with Crippen molar-refractivity contribution in [3.05, 3.63) is 69.0 Å². The maximum absolute atomic E-state index is 12.7. The van der Waals surface area contributed by atoms with Gasteiger partial charge in [0.15, 0.2) is 0 Å². The molecule has 3 aromatic rings. The van der Waals surface area contributed by atoms with Gasteiger partial charge in [0, 0.05) is 32.5 Å². The number of rotatable bonds is 10. The van der Waals surface area contributed by atoms with E-state index in [0.717, 1.165) is 10.2 Å². The molecule has 33 heavy (non-hydrogen) atoms. The molecule has 1 heterocycles. The average Bonchev–Trinajstić information content (AvgIpc) is 3.18. The number of nitrogens with zero attached hydrogens (tertiary/aromatic N) is 1. The first-order valence-electron chi connectivity index (χ1n) is 10.3. The Morgan fingerprint density at radius 2 is 1.85 bits per heavy atom. The summed E-state index contributed by atoms with van der Waals surface area (Å²) in [5, 5.41) is 5.61. The molecule has 0 aliphatic carbocycles. The van der Waals surface area contributed by atoms with Crippen molar-refractivity contribution < 1.29 is 19.1 Å². The normalized spacial score (nSPS) is 10.8. The van der Waals surface area contributed by atoms with E-state index in [1.54, 1.807) is 18.4 Å². The van der Waals surface area contributed by atoms with E-state index in [4.69, 9.17) is 21.1 Å². The summed E-state index contributed by atoms with van der Waals surface area (Å²) in [4.78, 5) is 27.2. The van der Waals surface area contributed by atoms with Gasteiger partial charge in [0.1, 0.15) is 22.9 Å². The summed E-state index contributed by atoms with van der Waals surface area (Å²) in [5.74, 6) is 0.0280. The lowest BCUT2D eigenvalue weighted by molar-refractivity contribution is -0.117. The van der Waals surface area contributed by atoms with Crippen molar-refractivity contribution in [1.29, 1.82) is 0 Å². The van der Waals surface area contributed by atoms with Gasteiger partial charge >= 0.3 is 5.97 Å². The van der Waals surface area contributed by atoms with E-state index in [0.29, 0.717) is 39.9 Å². The molecule has 6 nitrogen and oxygen atoms in total. The average molecular weight is 552 g/mol. The van der Waals surface area contributed by atoms with Gasteiger partial charge in [-0.1, -0.05) is 45.7 Å². The summed E-state index contributed by atoms with van der Waals surface area (Å²) < 4.78 is 11.9. The fourth-order valence-corrected chi connectivity index (χ4v) is 4.54. The summed E-state index contributed by atoms with van der Waals surface area (Å²) in [6.45, 7) is 3.11. The zero-order valence-electron chi connectivity index (χ0n) is 18.3. The van der Waals surface area contributed by atoms with Crippen LogP contribution in [0, 0.1) is 0 Å². The zero-order valence-corrected chi connectivity index (χ0v) is 21.4. The number of halogens is 2. The van der Waals surface area contributed by atoms with Crippen LogP contribution in [0.4, 0.5) is 5.00 Å². The lowest BCUT2D eigenvalue weighted by Gasteiger charge is -2.17. The summed E-state index contributed by atoms with van der Waals surface area (Å²) >= 11 is 11.0. The Morgan fingerprint density at radius 3 is 2.55 bits per heavy atom. The van der Waals surface area contributed by atoms with Crippen molar-refractivity contribution >= 4 is 55.7 Å². The van der Waals surface area contributed by atoms with Crippen molar-refractivity contribution in [2.24, 2.45) is 0 Å². The van der Waals surface area contributed by atoms with Crippen molar-refractivity contribution in [3.8, 4) is 16.9 Å². The number of hydrogen-bond donors (Lipinski definition) is 1. The van der Waals surface area contributed by atoms with Gasteiger partial charge in [-0.3, -0.25) is 9.69 Å². The van der Waals surface area contributed by atoms with E-state index < -0.39 is 5.97 Å². The van der Waals surface area contributed by atoms with Gasteiger partial charge in [-0.2, -0.15) is 0 Å². The number of benzene rings is 2. The molecule has 1 amide bonds. The van der Waals surface area contributed by atoms with Crippen LogP contribution in [0.15, 0.2) is 58.4 Å². The molecular weight excluding hydrogens is 528 g/mol. The molecule has 0 saturated carbocycles. The van der Waals surface area contributed by atoms with Crippen LogP contribution in [-0.4, -0.2) is 50.1 Å². The Hall–Kier alpha value is -2.39. The fourth-order valence-electron chi connectivity index (χ4n) is 3.07. The Bertz CT molecular complexity index is 1100. The molecule has 1 aromatic heterocycles. The number of hydrogen-bond acceptors (Lipinski definition) is 6. The summed E-state index contributed by atoms with van der Waals surface area (Å²) in [7, 11) is 1.83. The zero-order chi connectivity index (χ0) is 23.8. The number of nitrogens with one attached hydrogen (secondary N) is 1. The summed E-state index contributed by atoms with van der Waals surface area (Å²) in [5.41, 5.74) is 1.65. The first kappa shape index (κ1) is 25.2. The minimum Gasteiger partial charge on any atom is -0.492 e. The smallest absolute Gasteiger partial charge is 0.341 e. The predicted molar refractivity (Wildman–Crippen MR) is 136 cm³/mol. The number of likely N-dealkylation sites (N-methyl/N-ethyl adjacent to an activating group) is 1. The number of carbonyl (C=O) groups excluding carboxylic acids is 2. The third-order valence-electron chi connectivity index (χ3n) is 4.66. The van der Waals surface area contributed by atoms with Crippen LogP contribution in [0.25, 0.3) is 11.1 Å². The lowest BCUT2D eigenvalue weighted by Crippen LogP contribution is -2.33. The highest BCUT2D eigenvalue weighted by molar-refractivity contribution is 9.10. The van der Waals surface area contributed by atoms with Crippen molar-refractivity contribution in [1.82, 2.24) is 4.90 Å². The predicted octanol–water partition coefficient (Wildman–Crippen LogP) is 5.96. The maximum atomic E-state index is 12.7. The van der Waals surface area contributed by atoms with Crippen LogP contribution >= 0.6 is 38.9 Å². The molecular formula is C24H24BrClN2O4S. The van der Waals surface area contributed by atoms with Crippen LogP contribution in [-0.2, 0) is 9.53 Å². The van der Waals surface area contributed by atoms with Gasteiger partial charge < -0.3 is 14.8 Å². The van der Waals surface area contributed by atoms with E-state index in [-0.39, 0.29) is 19.1 Å². The van der Waals surface area contributed by atoms with E-state index in [9.17, 15) is 9.59 Å². The number of ether oxygens (including phenoxy) is 2.